The van der Waals surface area contributed by atoms with Gasteiger partial charge in [0.2, 0.25) is 0 Å². The average molecular weight is 231 g/mol. The van der Waals surface area contributed by atoms with Gasteiger partial charge in [-0.3, -0.25) is 4.79 Å². The predicted molar refractivity (Wildman–Crippen MR) is 65.0 cm³/mol. The quantitative estimate of drug-likeness (QED) is 0.705. The third-order valence-corrected chi connectivity index (χ3v) is 2.46. The molecule has 0 heterocycles. The van der Waals surface area contributed by atoms with Gasteiger partial charge >= 0.3 is 5.97 Å². The summed E-state index contributed by atoms with van der Waals surface area (Å²) in [6, 6.07) is 11.4. The van der Waals surface area contributed by atoms with E-state index in [2.05, 4.69) is 6.07 Å². The van der Waals surface area contributed by atoms with E-state index in [0.29, 0.717) is 6.42 Å². The first-order valence-electron chi connectivity index (χ1n) is 5.89. The molecule has 0 amide bonds. The van der Waals surface area contributed by atoms with Crippen molar-refractivity contribution in [2.45, 2.75) is 38.7 Å². The highest BCUT2D eigenvalue weighted by atomic mass is 16.5. The number of rotatable bonds is 6. The van der Waals surface area contributed by atoms with Gasteiger partial charge in [0.1, 0.15) is 6.10 Å². The van der Waals surface area contributed by atoms with Crippen LogP contribution < -0.4 is 0 Å². The minimum absolute atomic E-state index is 0.196. The van der Waals surface area contributed by atoms with Crippen molar-refractivity contribution in [2.75, 3.05) is 0 Å². The normalized spacial score (nSPS) is 11.5. The second-order valence-corrected chi connectivity index (χ2v) is 3.85. The molecule has 1 aromatic rings. The number of esters is 1. The second kappa shape index (κ2) is 7.45. The number of unbranched alkanes of at least 4 members (excludes halogenated alkanes) is 1. The summed E-state index contributed by atoms with van der Waals surface area (Å²) >= 11 is 0. The SMILES string of the molecule is CCCCC(=O)O[C@H](CC#N)c1ccccc1. The lowest BCUT2D eigenvalue weighted by Gasteiger charge is -2.15. The molecule has 0 aromatic heterocycles. The van der Waals surface area contributed by atoms with E-state index in [1.54, 1.807) is 0 Å². The number of ether oxygens (including phenoxy) is 1. The van der Waals surface area contributed by atoms with Crippen LogP contribution in [0.2, 0.25) is 0 Å². The van der Waals surface area contributed by atoms with Crippen molar-refractivity contribution in [3.63, 3.8) is 0 Å². The summed E-state index contributed by atoms with van der Waals surface area (Å²) in [7, 11) is 0. The van der Waals surface area contributed by atoms with Crippen LogP contribution in [0.4, 0.5) is 0 Å². The fraction of sp³-hybridized carbons (Fsp3) is 0.429. The Bertz CT molecular complexity index is 381. The van der Waals surface area contributed by atoms with Crippen molar-refractivity contribution < 1.29 is 9.53 Å². The van der Waals surface area contributed by atoms with Crippen LogP contribution in [0.1, 0.15) is 44.3 Å². The van der Waals surface area contributed by atoms with Crippen LogP contribution in [0.3, 0.4) is 0 Å². The van der Waals surface area contributed by atoms with Gasteiger partial charge in [-0.05, 0) is 12.0 Å². The lowest BCUT2D eigenvalue weighted by Crippen LogP contribution is -2.10. The van der Waals surface area contributed by atoms with Crippen molar-refractivity contribution in [3.05, 3.63) is 35.9 Å². The molecule has 0 bridgehead atoms. The fourth-order valence-electron chi connectivity index (χ4n) is 1.52. The zero-order chi connectivity index (χ0) is 12.5. The minimum Gasteiger partial charge on any atom is -0.456 e. The Balaban J connectivity index is 2.61. The number of carbonyl (C=O) groups excluding carboxylic acids is 1. The van der Waals surface area contributed by atoms with Crippen LogP contribution in [0, 0.1) is 11.3 Å². The number of nitriles is 1. The molecule has 1 aromatic carbocycles. The highest BCUT2D eigenvalue weighted by molar-refractivity contribution is 5.69. The van der Waals surface area contributed by atoms with E-state index in [0.717, 1.165) is 18.4 Å². The van der Waals surface area contributed by atoms with Gasteiger partial charge in [0.25, 0.3) is 0 Å². The van der Waals surface area contributed by atoms with E-state index in [-0.39, 0.29) is 12.4 Å². The molecule has 0 N–H and O–H groups in total. The summed E-state index contributed by atoms with van der Waals surface area (Å²) in [5.41, 5.74) is 0.874. The Labute approximate surface area is 102 Å². The van der Waals surface area contributed by atoms with Crippen LogP contribution in [0.5, 0.6) is 0 Å². The molecule has 0 saturated carbocycles. The summed E-state index contributed by atoms with van der Waals surface area (Å²) in [6.07, 6.45) is 1.97. The van der Waals surface area contributed by atoms with Gasteiger partial charge in [0, 0.05) is 6.42 Å². The molecule has 0 unspecified atom stereocenters. The van der Waals surface area contributed by atoms with Crippen LogP contribution in [-0.2, 0) is 9.53 Å². The number of benzene rings is 1. The first-order chi connectivity index (χ1) is 8.27. The summed E-state index contributed by atoms with van der Waals surface area (Å²) < 4.78 is 5.32. The zero-order valence-electron chi connectivity index (χ0n) is 10.1. The smallest absolute Gasteiger partial charge is 0.306 e. The number of hydrogen-bond donors (Lipinski definition) is 0. The van der Waals surface area contributed by atoms with Crippen molar-refractivity contribution >= 4 is 5.97 Å². The Kier molecular flexibility index (Phi) is 5.81. The number of nitrogens with zero attached hydrogens (tertiary/aromatic N) is 1. The molecular weight excluding hydrogens is 214 g/mol. The molecule has 0 aliphatic rings. The van der Waals surface area contributed by atoms with Crippen molar-refractivity contribution in [2.24, 2.45) is 0 Å². The molecule has 0 spiro atoms. The molecule has 0 aliphatic heterocycles. The molecule has 0 fully saturated rings. The van der Waals surface area contributed by atoms with Gasteiger partial charge in [-0.1, -0.05) is 43.7 Å². The Morgan fingerprint density at radius 3 is 2.71 bits per heavy atom. The van der Waals surface area contributed by atoms with Crippen LogP contribution in [0.15, 0.2) is 30.3 Å². The van der Waals surface area contributed by atoms with Gasteiger partial charge in [-0.25, -0.2) is 0 Å². The van der Waals surface area contributed by atoms with Crippen LogP contribution in [0.25, 0.3) is 0 Å². The maximum absolute atomic E-state index is 11.5. The maximum Gasteiger partial charge on any atom is 0.306 e. The highest BCUT2D eigenvalue weighted by Gasteiger charge is 2.15. The summed E-state index contributed by atoms with van der Waals surface area (Å²) in [5, 5.41) is 8.75. The van der Waals surface area contributed by atoms with Crippen LogP contribution >= 0.6 is 0 Å². The summed E-state index contributed by atoms with van der Waals surface area (Å²) in [4.78, 5) is 11.5. The van der Waals surface area contributed by atoms with E-state index in [1.807, 2.05) is 37.3 Å². The molecule has 3 heteroatoms. The molecule has 90 valence electrons. The molecule has 17 heavy (non-hydrogen) atoms. The van der Waals surface area contributed by atoms with Gasteiger partial charge in [0.15, 0.2) is 0 Å². The molecule has 0 radical (unpaired) electrons. The Morgan fingerprint density at radius 1 is 1.41 bits per heavy atom. The lowest BCUT2D eigenvalue weighted by atomic mass is 10.1. The van der Waals surface area contributed by atoms with Gasteiger partial charge < -0.3 is 4.74 Å². The largest absolute Gasteiger partial charge is 0.456 e. The first-order valence-corrected chi connectivity index (χ1v) is 5.89. The standard InChI is InChI=1S/C14H17NO2/c1-2-3-9-14(16)17-13(10-11-15)12-7-5-4-6-8-12/h4-8,13H,2-3,9-10H2,1H3/t13-/m1/s1. The van der Waals surface area contributed by atoms with E-state index < -0.39 is 6.10 Å². The zero-order valence-corrected chi connectivity index (χ0v) is 10.1. The number of carbonyl (C=O) groups is 1. The van der Waals surface area contributed by atoms with Crippen molar-refractivity contribution in [1.82, 2.24) is 0 Å². The molecule has 0 saturated heterocycles. The number of hydrogen-bond acceptors (Lipinski definition) is 3. The summed E-state index contributed by atoms with van der Waals surface area (Å²) in [6.45, 7) is 2.03. The van der Waals surface area contributed by atoms with Gasteiger partial charge in [0.05, 0.1) is 12.5 Å². The van der Waals surface area contributed by atoms with E-state index in [1.165, 1.54) is 0 Å². The van der Waals surface area contributed by atoms with E-state index in [4.69, 9.17) is 10.00 Å². The minimum atomic E-state index is -0.439. The van der Waals surface area contributed by atoms with Crippen molar-refractivity contribution in [3.8, 4) is 6.07 Å². The lowest BCUT2D eigenvalue weighted by molar-refractivity contribution is -0.149. The topological polar surface area (TPSA) is 50.1 Å². The maximum atomic E-state index is 11.5. The average Bonchev–Trinajstić information content (AvgIpc) is 2.37. The van der Waals surface area contributed by atoms with E-state index >= 15 is 0 Å². The summed E-state index contributed by atoms with van der Waals surface area (Å²) in [5.74, 6) is -0.226. The van der Waals surface area contributed by atoms with Crippen LogP contribution in [-0.4, -0.2) is 5.97 Å². The third kappa shape index (κ3) is 4.69. The molecule has 1 rings (SSSR count). The Morgan fingerprint density at radius 2 is 2.12 bits per heavy atom. The van der Waals surface area contributed by atoms with Gasteiger partial charge in [-0.2, -0.15) is 5.26 Å². The monoisotopic (exact) mass is 231 g/mol. The molecule has 0 aliphatic carbocycles. The molecule has 3 nitrogen and oxygen atoms in total. The third-order valence-electron chi connectivity index (χ3n) is 2.46. The molecule has 1 atom stereocenters. The fourth-order valence-corrected chi connectivity index (χ4v) is 1.52. The van der Waals surface area contributed by atoms with Gasteiger partial charge in [-0.15, -0.1) is 0 Å². The Hall–Kier alpha value is -1.82. The highest BCUT2D eigenvalue weighted by Crippen LogP contribution is 2.21. The predicted octanol–water partition coefficient (Wildman–Crippen LogP) is 3.37. The second-order valence-electron chi connectivity index (χ2n) is 3.85. The first kappa shape index (κ1) is 13.2. The molecular formula is C14H17NO2. The van der Waals surface area contributed by atoms with Crippen molar-refractivity contribution in [1.29, 1.82) is 5.26 Å². The van der Waals surface area contributed by atoms with E-state index in [9.17, 15) is 4.79 Å².